The van der Waals surface area contributed by atoms with Gasteiger partial charge in [0.2, 0.25) is 0 Å². The molecule has 0 saturated heterocycles. The van der Waals surface area contributed by atoms with Gasteiger partial charge in [-0.3, -0.25) is 10.6 Å². The van der Waals surface area contributed by atoms with Gasteiger partial charge < -0.3 is 14.2 Å². The molecule has 0 aliphatic rings. The minimum Gasteiger partial charge on any atom is -0.470 e. The predicted molar refractivity (Wildman–Crippen MR) is 59.7 cm³/mol. The molecular formula is C10H16N2O5. The van der Waals surface area contributed by atoms with E-state index < -0.39 is 12.2 Å². The largest absolute Gasteiger partial charge is 0.470 e. The second-order valence-corrected chi connectivity index (χ2v) is 2.47. The fraction of sp³-hybridized carbons (Fsp3) is 0.400. The van der Waals surface area contributed by atoms with Gasteiger partial charge in [-0.15, -0.1) is 0 Å². The van der Waals surface area contributed by atoms with E-state index in [1.54, 1.807) is 13.8 Å². The van der Waals surface area contributed by atoms with E-state index in [-0.39, 0.29) is 0 Å². The highest BCUT2D eigenvalue weighted by atomic mass is 16.6. The molecule has 0 heterocycles. The van der Waals surface area contributed by atoms with E-state index in [9.17, 15) is 9.59 Å². The molecule has 0 bridgehead atoms. The molecule has 17 heavy (non-hydrogen) atoms. The summed E-state index contributed by atoms with van der Waals surface area (Å²) in [5.74, 6) is 0. The summed E-state index contributed by atoms with van der Waals surface area (Å²) < 4.78 is 13.9. The highest BCUT2D eigenvalue weighted by Crippen LogP contribution is 1.81. The first-order valence-corrected chi connectivity index (χ1v) is 5.02. The van der Waals surface area contributed by atoms with Gasteiger partial charge in [-0.25, -0.2) is 9.59 Å². The number of carbonyl (C=O) groups is 2. The van der Waals surface area contributed by atoms with Crippen LogP contribution in [0.5, 0.6) is 0 Å². The maximum absolute atomic E-state index is 10.8. The third kappa shape index (κ3) is 10.1. The van der Waals surface area contributed by atoms with E-state index >= 15 is 0 Å². The number of hydrogen-bond acceptors (Lipinski definition) is 5. The van der Waals surface area contributed by atoms with E-state index in [0.29, 0.717) is 13.2 Å². The van der Waals surface area contributed by atoms with Gasteiger partial charge in [0.15, 0.2) is 0 Å². The normalized spacial score (nSPS) is 10.2. The van der Waals surface area contributed by atoms with Gasteiger partial charge in [-0.05, 0) is 13.8 Å². The Labute approximate surface area is 99.4 Å². The average molecular weight is 244 g/mol. The zero-order valence-electron chi connectivity index (χ0n) is 9.76. The standard InChI is InChI=1S/C10H16N2O5/c1-3-16-9(13)11-5-7-15-8-6-12-10(14)17-4-2/h5-8H,3-4H2,1-2H3,(H,11,13)(H,12,14). The van der Waals surface area contributed by atoms with Crippen LogP contribution in [-0.4, -0.2) is 25.4 Å². The van der Waals surface area contributed by atoms with Crippen molar-refractivity contribution in [3.8, 4) is 0 Å². The lowest BCUT2D eigenvalue weighted by Crippen LogP contribution is -2.18. The van der Waals surface area contributed by atoms with Crippen LogP contribution < -0.4 is 10.6 Å². The Morgan fingerprint density at radius 3 is 1.71 bits per heavy atom. The molecule has 0 rings (SSSR count). The minimum atomic E-state index is -0.569. The number of carbonyl (C=O) groups excluding carboxylic acids is 2. The number of nitrogens with one attached hydrogen (secondary N) is 2. The maximum atomic E-state index is 10.8. The zero-order valence-corrected chi connectivity index (χ0v) is 9.76. The number of amides is 2. The Kier molecular flexibility index (Phi) is 9.02. The Hall–Kier alpha value is -2.18. The lowest BCUT2D eigenvalue weighted by atomic mass is 10.8. The second-order valence-electron chi connectivity index (χ2n) is 2.47. The molecule has 2 amide bonds. The molecule has 0 aliphatic carbocycles. The van der Waals surface area contributed by atoms with E-state index in [1.807, 2.05) is 0 Å². The van der Waals surface area contributed by atoms with E-state index in [1.165, 1.54) is 24.9 Å². The van der Waals surface area contributed by atoms with Gasteiger partial charge in [-0.1, -0.05) is 0 Å². The molecule has 0 saturated carbocycles. The summed E-state index contributed by atoms with van der Waals surface area (Å²) in [4.78, 5) is 21.5. The molecule has 0 atom stereocenters. The Morgan fingerprint density at radius 2 is 1.35 bits per heavy atom. The number of rotatable bonds is 6. The molecule has 0 radical (unpaired) electrons. The fourth-order valence-corrected chi connectivity index (χ4v) is 0.674. The smallest absolute Gasteiger partial charge is 0.411 e. The SMILES string of the molecule is CCOC(=O)NC=COC=CNC(=O)OCC. The maximum Gasteiger partial charge on any atom is 0.411 e. The van der Waals surface area contributed by atoms with Crippen molar-refractivity contribution in [3.63, 3.8) is 0 Å². The van der Waals surface area contributed by atoms with E-state index in [0.717, 1.165) is 0 Å². The van der Waals surface area contributed by atoms with Crippen LogP contribution in [0.1, 0.15) is 13.8 Å². The highest BCUT2D eigenvalue weighted by molar-refractivity contribution is 5.68. The van der Waals surface area contributed by atoms with Crippen LogP contribution in [0.2, 0.25) is 0 Å². The molecule has 7 heteroatoms. The van der Waals surface area contributed by atoms with Gasteiger partial charge in [0.1, 0.15) is 12.5 Å². The average Bonchev–Trinajstić information content (AvgIpc) is 2.28. The van der Waals surface area contributed by atoms with Gasteiger partial charge in [0.05, 0.1) is 13.2 Å². The molecule has 2 N–H and O–H groups in total. The Bertz CT molecular complexity index is 260. The summed E-state index contributed by atoms with van der Waals surface area (Å²) in [7, 11) is 0. The molecule has 7 nitrogen and oxygen atoms in total. The molecule has 96 valence electrons. The van der Waals surface area contributed by atoms with Crippen molar-refractivity contribution in [2.75, 3.05) is 13.2 Å². The first-order valence-electron chi connectivity index (χ1n) is 5.02. The Balaban J connectivity index is 3.55. The molecular weight excluding hydrogens is 228 g/mol. The second kappa shape index (κ2) is 10.3. The van der Waals surface area contributed by atoms with Crippen LogP contribution in [-0.2, 0) is 14.2 Å². The summed E-state index contributed by atoms with van der Waals surface area (Å²) >= 11 is 0. The molecule has 0 aromatic heterocycles. The molecule has 0 aromatic carbocycles. The third-order valence-corrected chi connectivity index (χ3v) is 1.25. The predicted octanol–water partition coefficient (Wildman–Crippen LogP) is 1.44. The van der Waals surface area contributed by atoms with Crippen LogP contribution in [0.3, 0.4) is 0 Å². The minimum absolute atomic E-state index is 0.296. The topological polar surface area (TPSA) is 85.9 Å². The van der Waals surface area contributed by atoms with Crippen molar-refractivity contribution in [1.29, 1.82) is 0 Å². The number of hydrogen-bond donors (Lipinski definition) is 2. The quantitative estimate of drug-likeness (QED) is 0.690. The lowest BCUT2D eigenvalue weighted by molar-refractivity contribution is 0.155. The highest BCUT2D eigenvalue weighted by Gasteiger charge is 1.94. The molecule has 0 aliphatic heterocycles. The fourth-order valence-electron chi connectivity index (χ4n) is 0.674. The van der Waals surface area contributed by atoms with E-state index in [2.05, 4.69) is 20.1 Å². The van der Waals surface area contributed by atoms with Crippen LogP contribution >= 0.6 is 0 Å². The summed E-state index contributed by atoms with van der Waals surface area (Å²) in [5.41, 5.74) is 0. The third-order valence-electron chi connectivity index (χ3n) is 1.25. The van der Waals surface area contributed by atoms with Crippen LogP contribution in [0.25, 0.3) is 0 Å². The zero-order chi connectivity index (χ0) is 12.9. The molecule has 0 unspecified atom stereocenters. The van der Waals surface area contributed by atoms with Gasteiger partial charge in [0, 0.05) is 12.4 Å². The van der Waals surface area contributed by atoms with Crippen molar-refractivity contribution >= 4 is 12.2 Å². The lowest BCUT2D eigenvalue weighted by Gasteiger charge is -1.99. The van der Waals surface area contributed by atoms with Crippen LogP contribution in [0.4, 0.5) is 9.59 Å². The molecule has 0 aromatic rings. The van der Waals surface area contributed by atoms with E-state index in [4.69, 9.17) is 4.74 Å². The van der Waals surface area contributed by atoms with Crippen LogP contribution in [0.15, 0.2) is 24.9 Å². The Morgan fingerprint density at radius 1 is 0.941 bits per heavy atom. The van der Waals surface area contributed by atoms with Crippen molar-refractivity contribution in [1.82, 2.24) is 10.6 Å². The van der Waals surface area contributed by atoms with Crippen molar-refractivity contribution in [3.05, 3.63) is 24.9 Å². The summed E-state index contributed by atoms with van der Waals surface area (Å²) in [5, 5.41) is 4.58. The first-order chi connectivity index (χ1) is 8.20. The first kappa shape index (κ1) is 14.8. The van der Waals surface area contributed by atoms with Crippen molar-refractivity contribution in [2.45, 2.75) is 13.8 Å². The van der Waals surface area contributed by atoms with Crippen molar-refractivity contribution < 1.29 is 23.8 Å². The summed E-state index contributed by atoms with van der Waals surface area (Å²) in [6.45, 7) is 3.99. The van der Waals surface area contributed by atoms with Gasteiger partial charge in [-0.2, -0.15) is 0 Å². The summed E-state index contributed by atoms with van der Waals surface area (Å²) in [6.07, 6.45) is 3.79. The molecule has 0 spiro atoms. The van der Waals surface area contributed by atoms with Gasteiger partial charge >= 0.3 is 12.2 Å². The number of alkyl carbamates (subject to hydrolysis) is 2. The van der Waals surface area contributed by atoms with Crippen molar-refractivity contribution in [2.24, 2.45) is 0 Å². The van der Waals surface area contributed by atoms with Crippen LogP contribution in [0, 0.1) is 0 Å². The monoisotopic (exact) mass is 244 g/mol. The summed E-state index contributed by atoms with van der Waals surface area (Å²) in [6, 6.07) is 0. The molecule has 0 fully saturated rings. The number of ether oxygens (including phenoxy) is 3. The van der Waals surface area contributed by atoms with Gasteiger partial charge in [0.25, 0.3) is 0 Å².